The van der Waals surface area contributed by atoms with E-state index in [9.17, 15) is 13.2 Å². The number of carbonyl (C=O) groups excluding carboxylic acids is 1. The molecule has 1 aliphatic rings. The molecule has 1 fully saturated rings. The number of hydrogen-bond acceptors (Lipinski definition) is 4. The highest BCUT2D eigenvalue weighted by atomic mass is 32.2. The Morgan fingerprint density at radius 3 is 2.47 bits per heavy atom. The molecule has 0 aromatic heterocycles. The number of carbonyl (C=O) groups is 1. The minimum atomic E-state index is -2.80. The van der Waals surface area contributed by atoms with Gasteiger partial charge in [0.05, 0.1) is 11.5 Å². The SMILES string of the molecule is CNC(=O)NCCN1CCS(=O)(=O)CC1. The second-order valence-electron chi connectivity index (χ2n) is 3.50. The summed E-state index contributed by atoms with van der Waals surface area (Å²) in [6, 6.07) is -0.209. The van der Waals surface area contributed by atoms with E-state index in [4.69, 9.17) is 0 Å². The van der Waals surface area contributed by atoms with Crippen LogP contribution in [0, 0.1) is 0 Å². The lowest BCUT2D eigenvalue weighted by Crippen LogP contribution is -2.44. The third-order valence-electron chi connectivity index (χ3n) is 2.38. The van der Waals surface area contributed by atoms with Crippen molar-refractivity contribution in [3.05, 3.63) is 0 Å². The first kappa shape index (κ1) is 12.3. The Labute approximate surface area is 89.9 Å². The summed E-state index contributed by atoms with van der Waals surface area (Å²) < 4.78 is 22.2. The zero-order chi connectivity index (χ0) is 11.3. The highest BCUT2D eigenvalue weighted by Gasteiger charge is 2.20. The molecule has 0 radical (unpaired) electrons. The van der Waals surface area contributed by atoms with Crippen molar-refractivity contribution in [2.24, 2.45) is 0 Å². The van der Waals surface area contributed by atoms with Crippen LogP contribution in [-0.2, 0) is 9.84 Å². The van der Waals surface area contributed by atoms with Crippen molar-refractivity contribution >= 4 is 15.9 Å². The van der Waals surface area contributed by atoms with Crippen LogP contribution in [0.3, 0.4) is 0 Å². The Morgan fingerprint density at radius 2 is 1.93 bits per heavy atom. The summed E-state index contributed by atoms with van der Waals surface area (Å²) in [4.78, 5) is 12.9. The molecule has 1 rings (SSSR count). The van der Waals surface area contributed by atoms with Gasteiger partial charge in [0, 0.05) is 33.2 Å². The van der Waals surface area contributed by atoms with Crippen LogP contribution in [0.15, 0.2) is 0 Å². The van der Waals surface area contributed by atoms with Gasteiger partial charge < -0.3 is 10.6 Å². The van der Waals surface area contributed by atoms with Gasteiger partial charge in [0.15, 0.2) is 9.84 Å². The second kappa shape index (κ2) is 5.32. The maximum absolute atomic E-state index is 11.1. The van der Waals surface area contributed by atoms with Crippen LogP contribution in [0.25, 0.3) is 0 Å². The summed E-state index contributed by atoms with van der Waals surface area (Å²) in [6.45, 7) is 2.37. The topological polar surface area (TPSA) is 78.5 Å². The number of hydrogen-bond donors (Lipinski definition) is 2. The van der Waals surface area contributed by atoms with Gasteiger partial charge in [0.25, 0.3) is 0 Å². The van der Waals surface area contributed by atoms with Crippen LogP contribution in [0.1, 0.15) is 0 Å². The Kier molecular flexibility index (Phi) is 4.34. The molecule has 6 nitrogen and oxygen atoms in total. The number of urea groups is 1. The normalized spacial score (nSPS) is 20.9. The average molecular weight is 235 g/mol. The van der Waals surface area contributed by atoms with Crippen molar-refractivity contribution in [2.75, 3.05) is 44.7 Å². The monoisotopic (exact) mass is 235 g/mol. The number of nitrogens with zero attached hydrogens (tertiary/aromatic N) is 1. The zero-order valence-corrected chi connectivity index (χ0v) is 9.64. The van der Waals surface area contributed by atoms with Gasteiger partial charge in [-0.25, -0.2) is 13.2 Å². The molecule has 0 aliphatic carbocycles. The van der Waals surface area contributed by atoms with Crippen molar-refractivity contribution in [2.45, 2.75) is 0 Å². The van der Waals surface area contributed by atoms with Crippen LogP contribution >= 0.6 is 0 Å². The summed E-state index contributed by atoms with van der Waals surface area (Å²) in [5.41, 5.74) is 0. The molecule has 1 aliphatic heterocycles. The molecule has 0 aromatic carbocycles. The van der Waals surface area contributed by atoms with Gasteiger partial charge in [-0.05, 0) is 0 Å². The van der Waals surface area contributed by atoms with E-state index in [0.29, 0.717) is 26.2 Å². The molecule has 0 spiro atoms. The van der Waals surface area contributed by atoms with Crippen LogP contribution in [0.2, 0.25) is 0 Å². The summed E-state index contributed by atoms with van der Waals surface area (Å²) in [5.74, 6) is 0.458. The number of nitrogens with one attached hydrogen (secondary N) is 2. The van der Waals surface area contributed by atoms with Crippen LogP contribution in [0.4, 0.5) is 4.79 Å². The molecule has 1 heterocycles. The van der Waals surface area contributed by atoms with Gasteiger partial charge in [0.1, 0.15) is 0 Å². The lowest BCUT2D eigenvalue weighted by molar-refractivity contribution is 0.238. The first-order valence-electron chi connectivity index (χ1n) is 4.92. The van der Waals surface area contributed by atoms with E-state index in [-0.39, 0.29) is 17.5 Å². The molecule has 0 atom stereocenters. The van der Waals surface area contributed by atoms with E-state index < -0.39 is 9.84 Å². The second-order valence-corrected chi connectivity index (χ2v) is 5.80. The maximum atomic E-state index is 11.1. The molecule has 15 heavy (non-hydrogen) atoms. The molecule has 0 saturated carbocycles. The quantitative estimate of drug-likeness (QED) is 0.634. The van der Waals surface area contributed by atoms with E-state index in [1.165, 1.54) is 0 Å². The molecular weight excluding hydrogens is 218 g/mol. The van der Waals surface area contributed by atoms with Gasteiger partial charge >= 0.3 is 6.03 Å². The fourth-order valence-corrected chi connectivity index (χ4v) is 2.67. The van der Waals surface area contributed by atoms with Gasteiger partial charge in [0.2, 0.25) is 0 Å². The highest BCUT2D eigenvalue weighted by Crippen LogP contribution is 2.02. The molecule has 88 valence electrons. The van der Waals surface area contributed by atoms with Crippen molar-refractivity contribution in [3.8, 4) is 0 Å². The summed E-state index contributed by atoms with van der Waals surface area (Å²) in [5, 5.41) is 5.11. The molecule has 2 N–H and O–H groups in total. The smallest absolute Gasteiger partial charge is 0.314 e. The fraction of sp³-hybridized carbons (Fsp3) is 0.875. The summed E-state index contributed by atoms with van der Waals surface area (Å²) in [7, 11) is -1.24. The molecule has 1 saturated heterocycles. The Morgan fingerprint density at radius 1 is 1.33 bits per heavy atom. The summed E-state index contributed by atoms with van der Waals surface area (Å²) in [6.07, 6.45) is 0. The van der Waals surface area contributed by atoms with Gasteiger partial charge in [-0.1, -0.05) is 0 Å². The predicted molar refractivity (Wildman–Crippen MR) is 57.6 cm³/mol. The zero-order valence-electron chi connectivity index (χ0n) is 8.82. The van der Waals surface area contributed by atoms with E-state index in [1.807, 2.05) is 4.90 Å². The van der Waals surface area contributed by atoms with Crippen LogP contribution in [-0.4, -0.2) is 64.1 Å². The largest absolute Gasteiger partial charge is 0.341 e. The molecule has 0 bridgehead atoms. The number of rotatable bonds is 3. The average Bonchev–Trinajstić information content (AvgIpc) is 2.20. The Hall–Kier alpha value is -0.820. The predicted octanol–water partition coefficient (Wildman–Crippen LogP) is -1.35. The van der Waals surface area contributed by atoms with E-state index in [2.05, 4.69) is 10.6 Å². The highest BCUT2D eigenvalue weighted by molar-refractivity contribution is 7.91. The maximum Gasteiger partial charge on any atom is 0.314 e. The van der Waals surface area contributed by atoms with Crippen LogP contribution in [0.5, 0.6) is 0 Å². The van der Waals surface area contributed by atoms with E-state index >= 15 is 0 Å². The molecule has 7 heteroatoms. The number of amides is 2. The van der Waals surface area contributed by atoms with Gasteiger partial charge in [-0.2, -0.15) is 0 Å². The van der Waals surface area contributed by atoms with Crippen molar-refractivity contribution in [1.29, 1.82) is 0 Å². The first-order chi connectivity index (χ1) is 7.03. The molecule has 0 aromatic rings. The van der Waals surface area contributed by atoms with Crippen LogP contribution < -0.4 is 10.6 Å². The van der Waals surface area contributed by atoms with Crippen molar-refractivity contribution in [1.82, 2.24) is 15.5 Å². The Balaban J connectivity index is 2.17. The summed E-state index contributed by atoms with van der Waals surface area (Å²) >= 11 is 0. The minimum absolute atomic E-state index is 0.209. The Bertz CT molecular complexity index is 301. The standard InChI is InChI=1S/C8H17N3O3S/c1-9-8(12)10-2-3-11-4-6-15(13,14)7-5-11/h2-7H2,1H3,(H2,9,10,12). The molecule has 0 unspecified atom stereocenters. The van der Waals surface area contributed by atoms with E-state index in [0.717, 1.165) is 0 Å². The third kappa shape index (κ3) is 4.48. The minimum Gasteiger partial charge on any atom is -0.341 e. The fourth-order valence-electron chi connectivity index (χ4n) is 1.39. The first-order valence-corrected chi connectivity index (χ1v) is 6.74. The molecular formula is C8H17N3O3S. The van der Waals surface area contributed by atoms with Gasteiger partial charge in [-0.3, -0.25) is 4.90 Å². The van der Waals surface area contributed by atoms with E-state index in [1.54, 1.807) is 7.05 Å². The lowest BCUT2D eigenvalue weighted by Gasteiger charge is -2.26. The van der Waals surface area contributed by atoms with Crippen molar-refractivity contribution in [3.63, 3.8) is 0 Å². The van der Waals surface area contributed by atoms with Crippen molar-refractivity contribution < 1.29 is 13.2 Å². The number of sulfone groups is 1. The lowest BCUT2D eigenvalue weighted by atomic mass is 10.4. The van der Waals surface area contributed by atoms with Gasteiger partial charge in [-0.15, -0.1) is 0 Å². The molecule has 2 amide bonds. The third-order valence-corrected chi connectivity index (χ3v) is 3.99.